The number of ether oxygens (including phenoxy) is 1. The lowest BCUT2D eigenvalue weighted by Crippen LogP contribution is -2.59. The highest BCUT2D eigenvalue weighted by Crippen LogP contribution is 2.39. The molecule has 0 aliphatic carbocycles. The van der Waals surface area contributed by atoms with Crippen molar-refractivity contribution >= 4 is 5.91 Å². The van der Waals surface area contributed by atoms with E-state index in [0.717, 1.165) is 32.6 Å². The number of fused-ring (bicyclic) bond motifs is 2. The Kier molecular flexibility index (Phi) is 4.90. The summed E-state index contributed by atoms with van der Waals surface area (Å²) in [5.41, 5.74) is 1.20. The molecule has 0 spiro atoms. The van der Waals surface area contributed by atoms with E-state index in [0.29, 0.717) is 37.0 Å². The average Bonchev–Trinajstić information content (AvgIpc) is 2.90. The summed E-state index contributed by atoms with van der Waals surface area (Å²) in [6, 6.07) is 8.48. The summed E-state index contributed by atoms with van der Waals surface area (Å²) in [6.07, 6.45) is 0.952. The van der Waals surface area contributed by atoms with Crippen LogP contribution >= 0.6 is 0 Å². The maximum absolute atomic E-state index is 13.1. The summed E-state index contributed by atoms with van der Waals surface area (Å²) >= 11 is 0. The molecule has 1 aromatic carbocycles. The van der Waals surface area contributed by atoms with Gasteiger partial charge in [-0.1, -0.05) is 12.1 Å². The lowest BCUT2D eigenvalue weighted by Gasteiger charge is -2.45. The molecule has 4 rings (SSSR count). The third-order valence-electron chi connectivity index (χ3n) is 6.46. The van der Waals surface area contributed by atoms with Gasteiger partial charge in [-0.05, 0) is 38.1 Å². The number of nitrogens with zero attached hydrogens (tertiary/aromatic N) is 3. The van der Waals surface area contributed by atoms with Gasteiger partial charge >= 0.3 is 0 Å². The molecule has 0 aromatic heterocycles. The van der Waals surface area contributed by atoms with E-state index in [1.54, 1.807) is 12.1 Å². The molecule has 1 unspecified atom stereocenters. The number of hydrogen-bond donors (Lipinski definition) is 1. The molecule has 3 aliphatic rings. The third kappa shape index (κ3) is 3.21. The van der Waals surface area contributed by atoms with Gasteiger partial charge in [-0.25, -0.2) is 0 Å². The van der Waals surface area contributed by atoms with Crippen molar-refractivity contribution in [1.29, 1.82) is 0 Å². The quantitative estimate of drug-likeness (QED) is 0.877. The van der Waals surface area contributed by atoms with Crippen LogP contribution in [0.15, 0.2) is 24.3 Å². The van der Waals surface area contributed by atoms with E-state index in [1.807, 2.05) is 17.0 Å². The summed E-state index contributed by atoms with van der Waals surface area (Å²) < 4.78 is 5.40. The van der Waals surface area contributed by atoms with Crippen molar-refractivity contribution in [3.63, 3.8) is 0 Å². The molecule has 2 bridgehead atoms. The monoisotopic (exact) mass is 359 g/mol. The zero-order valence-electron chi connectivity index (χ0n) is 15.7. The van der Waals surface area contributed by atoms with Gasteiger partial charge in [0.1, 0.15) is 5.75 Å². The number of piperazine rings is 1. The van der Waals surface area contributed by atoms with Crippen LogP contribution in [-0.2, 0) is 16.1 Å². The fraction of sp³-hybridized carbons (Fsp3) is 0.650. The number of likely N-dealkylation sites (tertiary alicyclic amines) is 1. The van der Waals surface area contributed by atoms with E-state index < -0.39 is 0 Å². The molecule has 142 valence electrons. The smallest absolute Gasteiger partial charge is 0.227 e. The maximum Gasteiger partial charge on any atom is 0.227 e. The molecule has 26 heavy (non-hydrogen) atoms. The summed E-state index contributed by atoms with van der Waals surface area (Å²) in [6.45, 7) is 6.87. The Labute approximate surface area is 155 Å². The van der Waals surface area contributed by atoms with E-state index in [4.69, 9.17) is 4.74 Å². The highest BCUT2D eigenvalue weighted by Gasteiger charge is 2.51. The van der Waals surface area contributed by atoms with Crippen LogP contribution < -0.4 is 0 Å². The van der Waals surface area contributed by atoms with Gasteiger partial charge in [0.05, 0.1) is 19.1 Å². The first kappa shape index (κ1) is 17.8. The number of phenols is 1. The number of aromatic hydroxyl groups is 1. The molecule has 3 aliphatic heterocycles. The molecule has 6 heteroatoms. The topological polar surface area (TPSA) is 56.3 Å². The number of rotatable bonds is 3. The average molecular weight is 359 g/mol. The van der Waals surface area contributed by atoms with Crippen molar-refractivity contribution in [2.24, 2.45) is 5.92 Å². The van der Waals surface area contributed by atoms with Crippen LogP contribution in [0.4, 0.5) is 0 Å². The Hall–Kier alpha value is -1.63. The minimum atomic E-state index is 0.0860. The standard InChI is InChI=1S/C20H29N3O3/c1-14-19-18(20(25)22-7-9-26-10-8-22)11-16(21(19)2)13-23(14)12-15-3-5-17(24)6-4-15/h3-6,14,16,18-19,24H,7-13H2,1-2H3/t14?,16-,18+,19-/m1/s1. The van der Waals surface area contributed by atoms with Gasteiger partial charge in [-0.3, -0.25) is 14.6 Å². The van der Waals surface area contributed by atoms with Crippen molar-refractivity contribution in [3.05, 3.63) is 29.8 Å². The van der Waals surface area contributed by atoms with Gasteiger partial charge in [-0.15, -0.1) is 0 Å². The molecule has 4 atom stereocenters. The molecule has 1 aromatic rings. The van der Waals surface area contributed by atoms with Gasteiger partial charge < -0.3 is 14.7 Å². The molecule has 6 nitrogen and oxygen atoms in total. The van der Waals surface area contributed by atoms with Crippen molar-refractivity contribution < 1.29 is 14.6 Å². The van der Waals surface area contributed by atoms with Gasteiger partial charge in [0.15, 0.2) is 0 Å². The maximum atomic E-state index is 13.1. The number of likely N-dealkylation sites (N-methyl/N-ethyl adjacent to an activating group) is 1. The number of phenolic OH excluding ortho intramolecular Hbond substituents is 1. The summed E-state index contributed by atoms with van der Waals surface area (Å²) in [5, 5.41) is 9.49. The lowest BCUT2D eigenvalue weighted by molar-refractivity contribution is -0.141. The lowest BCUT2D eigenvalue weighted by atomic mass is 9.93. The van der Waals surface area contributed by atoms with Crippen molar-refractivity contribution in [2.75, 3.05) is 39.9 Å². The molecule has 0 saturated carbocycles. The first-order valence-electron chi connectivity index (χ1n) is 9.65. The van der Waals surface area contributed by atoms with Gasteiger partial charge in [0.2, 0.25) is 5.91 Å². The van der Waals surface area contributed by atoms with Gasteiger partial charge in [0, 0.05) is 44.3 Å². The number of carbonyl (C=O) groups excluding carboxylic acids is 1. The minimum absolute atomic E-state index is 0.0860. The molecule has 3 saturated heterocycles. The van der Waals surface area contributed by atoms with E-state index in [-0.39, 0.29) is 12.0 Å². The number of carbonyl (C=O) groups is 1. The molecule has 1 N–H and O–H groups in total. The second-order valence-corrected chi connectivity index (χ2v) is 7.93. The van der Waals surface area contributed by atoms with Crippen LogP contribution in [0, 0.1) is 5.92 Å². The molecule has 3 heterocycles. The predicted octanol–water partition coefficient (Wildman–Crippen LogP) is 1.14. The highest BCUT2D eigenvalue weighted by molar-refractivity contribution is 5.80. The Balaban J connectivity index is 1.48. The largest absolute Gasteiger partial charge is 0.508 e. The van der Waals surface area contributed by atoms with Crippen LogP contribution in [0.1, 0.15) is 18.9 Å². The first-order valence-corrected chi connectivity index (χ1v) is 9.65. The van der Waals surface area contributed by atoms with E-state index >= 15 is 0 Å². The Morgan fingerprint density at radius 3 is 2.62 bits per heavy atom. The molecular formula is C20H29N3O3. The summed E-state index contributed by atoms with van der Waals surface area (Å²) in [5.74, 6) is 0.699. The minimum Gasteiger partial charge on any atom is -0.508 e. The summed E-state index contributed by atoms with van der Waals surface area (Å²) in [7, 11) is 2.18. The van der Waals surface area contributed by atoms with Crippen LogP contribution in [0.5, 0.6) is 5.75 Å². The van der Waals surface area contributed by atoms with Crippen LogP contribution in [0.3, 0.4) is 0 Å². The van der Waals surface area contributed by atoms with Crippen LogP contribution in [0.25, 0.3) is 0 Å². The molecule has 0 radical (unpaired) electrons. The first-order chi connectivity index (χ1) is 12.5. The Bertz CT molecular complexity index is 644. The zero-order chi connectivity index (χ0) is 18.3. The normalized spacial score (nSPS) is 32.8. The number of amides is 1. The van der Waals surface area contributed by atoms with E-state index in [9.17, 15) is 9.90 Å². The molecular weight excluding hydrogens is 330 g/mol. The highest BCUT2D eigenvalue weighted by atomic mass is 16.5. The fourth-order valence-electron chi connectivity index (χ4n) is 4.97. The second kappa shape index (κ2) is 7.18. The zero-order valence-corrected chi connectivity index (χ0v) is 15.7. The number of morpholine rings is 1. The fourth-order valence-corrected chi connectivity index (χ4v) is 4.97. The van der Waals surface area contributed by atoms with Crippen LogP contribution in [0.2, 0.25) is 0 Å². The summed E-state index contributed by atoms with van der Waals surface area (Å²) in [4.78, 5) is 20.1. The Morgan fingerprint density at radius 2 is 1.92 bits per heavy atom. The predicted molar refractivity (Wildman–Crippen MR) is 98.8 cm³/mol. The van der Waals surface area contributed by atoms with Gasteiger partial charge in [0.25, 0.3) is 0 Å². The van der Waals surface area contributed by atoms with E-state index in [1.165, 1.54) is 5.56 Å². The SMILES string of the molecule is CC1[C@@H]2[C@@H](C(=O)N3CCOCC3)C[C@H](CN1Cc1ccc(O)cc1)N2C. The Morgan fingerprint density at radius 1 is 1.23 bits per heavy atom. The van der Waals surface area contributed by atoms with E-state index in [2.05, 4.69) is 23.8 Å². The van der Waals surface area contributed by atoms with Gasteiger partial charge in [-0.2, -0.15) is 0 Å². The van der Waals surface area contributed by atoms with Crippen LogP contribution in [-0.4, -0.2) is 83.7 Å². The molecule has 3 fully saturated rings. The third-order valence-corrected chi connectivity index (χ3v) is 6.46. The number of benzene rings is 1. The molecule has 1 amide bonds. The second-order valence-electron chi connectivity index (χ2n) is 7.93. The number of hydrogen-bond acceptors (Lipinski definition) is 5. The van der Waals surface area contributed by atoms with Crippen molar-refractivity contribution in [3.8, 4) is 5.75 Å². The van der Waals surface area contributed by atoms with Crippen molar-refractivity contribution in [2.45, 2.75) is 38.0 Å². The van der Waals surface area contributed by atoms with Crippen molar-refractivity contribution in [1.82, 2.24) is 14.7 Å².